The van der Waals surface area contributed by atoms with Crippen LogP contribution in [0, 0.1) is 0 Å². The van der Waals surface area contributed by atoms with Crippen LogP contribution in [-0.4, -0.2) is 21.6 Å². The lowest BCUT2D eigenvalue weighted by Gasteiger charge is -2.38. The summed E-state index contributed by atoms with van der Waals surface area (Å²) in [6.45, 7) is 2.09. The van der Waals surface area contributed by atoms with Crippen LogP contribution >= 0.6 is 0 Å². The number of carbonyl (C=O) groups is 1. The lowest BCUT2D eigenvalue weighted by Crippen LogP contribution is -2.51. The van der Waals surface area contributed by atoms with Gasteiger partial charge in [0, 0.05) is 10.9 Å². The van der Waals surface area contributed by atoms with Crippen molar-refractivity contribution in [3.63, 3.8) is 0 Å². The number of benzene rings is 1. The number of aromatic amines is 1. The Bertz CT molecular complexity index is 569. The maximum atomic E-state index is 12.1. The fraction of sp³-hybridized carbons (Fsp3) is 0.385. The predicted octanol–water partition coefficient (Wildman–Crippen LogP) is 2.24. The summed E-state index contributed by atoms with van der Waals surface area (Å²) >= 11 is 0. The van der Waals surface area contributed by atoms with E-state index in [-0.39, 0.29) is 11.4 Å². The number of amides is 1. The quantitative estimate of drug-likeness (QED) is 0.829. The Hall–Kier alpha value is -1.84. The minimum Gasteiger partial charge on any atom is -0.345 e. The largest absolute Gasteiger partial charge is 0.345 e. The predicted molar refractivity (Wildman–Crippen MR) is 65.8 cm³/mol. The number of nitrogens with zero attached hydrogens (tertiary/aromatic N) is 1. The second kappa shape index (κ2) is 3.58. The lowest BCUT2D eigenvalue weighted by atomic mass is 9.78. The van der Waals surface area contributed by atoms with Gasteiger partial charge in [-0.2, -0.15) is 5.10 Å². The molecule has 1 aliphatic rings. The van der Waals surface area contributed by atoms with E-state index in [1.807, 2.05) is 24.3 Å². The highest BCUT2D eigenvalue weighted by molar-refractivity contribution is 6.04. The van der Waals surface area contributed by atoms with Crippen molar-refractivity contribution in [2.45, 2.75) is 31.7 Å². The van der Waals surface area contributed by atoms with E-state index in [0.29, 0.717) is 5.69 Å². The number of aromatic nitrogens is 2. The van der Waals surface area contributed by atoms with Gasteiger partial charge in [-0.25, -0.2) is 0 Å². The van der Waals surface area contributed by atoms with Crippen LogP contribution in [0.15, 0.2) is 24.3 Å². The number of nitrogens with one attached hydrogen (secondary N) is 2. The van der Waals surface area contributed by atoms with E-state index < -0.39 is 0 Å². The SMILES string of the molecule is CC1(NC(=O)c2n[nH]c3ccccc23)CCC1. The molecule has 1 aromatic carbocycles. The molecule has 3 rings (SSSR count). The van der Waals surface area contributed by atoms with Gasteiger partial charge in [0.15, 0.2) is 5.69 Å². The minimum absolute atomic E-state index is 0.0306. The number of hydrogen-bond acceptors (Lipinski definition) is 2. The summed E-state index contributed by atoms with van der Waals surface area (Å²) in [5.41, 5.74) is 1.36. The van der Waals surface area contributed by atoms with Crippen LogP contribution in [0.5, 0.6) is 0 Å². The molecule has 0 saturated heterocycles. The zero-order valence-corrected chi connectivity index (χ0v) is 9.79. The smallest absolute Gasteiger partial charge is 0.272 e. The van der Waals surface area contributed by atoms with Gasteiger partial charge in [0.25, 0.3) is 5.91 Å². The standard InChI is InChI=1S/C13H15N3O/c1-13(7-4-8-13)14-12(17)11-9-5-2-3-6-10(9)15-16-11/h2-3,5-6H,4,7-8H2,1H3,(H,14,17)(H,15,16). The van der Waals surface area contributed by atoms with Crippen LogP contribution < -0.4 is 5.32 Å². The first kappa shape index (κ1) is 10.3. The highest BCUT2D eigenvalue weighted by Gasteiger charge is 2.34. The average molecular weight is 229 g/mol. The van der Waals surface area contributed by atoms with Crippen LogP contribution in [0.4, 0.5) is 0 Å². The molecule has 1 aliphatic carbocycles. The van der Waals surface area contributed by atoms with Gasteiger partial charge in [0.05, 0.1) is 5.52 Å². The Kier molecular flexibility index (Phi) is 2.18. The van der Waals surface area contributed by atoms with Crippen molar-refractivity contribution in [2.75, 3.05) is 0 Å². The van der Waals surface area contributed by atoms with E-state index in [0.717, 1.165) is 23.7 Å². The number of para-hydroxylation sites is 1. The summed E-state index contributed by atoms with van der Waals surface area (Å²) in [5, 5.41) is 10.9. The second-order valence-electron chi connectivity index (χ2n) is 4.99. The van der Waals surface area contributed by atoms with Crippen LogP contribution in [0.1, 0.15) is 36.7 Å². The van der Waals surface area contributed by atoms with Gasteiger partial charge in [-0.1, -0.05) is 18.2 Å². The molecule has 1 amide bonds. The highest BCUT2D eigenvalue weighted by Crippen LogP contribution is 2.31. The summed E-state index contributed by atoms with van der Waals surface area (Å²) in [5.74, 6) is -0.0790. The van der Waals surface area contributed by atoms with Gasteiger partial charge >= 0.3 is 0 Å². The molecule has 0 unspecified atom stereocenters. The average Bonchev–Trinajstić information content (AvgIpc) is 2.70. The monoisotopic (exact) mass is 229 g/mol. The van der Waals surface area contributed by atoms with Gasteiger partial charge in [0.2, 0.25) is 0 Å². The van der Waals surface area contributed by atoms with Gasteiger partial charge in [0.1, 0.15) is 0 Å². The van der Waals surface area contributed by atoms with Gasteiger partial charge in [-0.15, -0.1) is 0 Å². The van der Waals surface area contributed by atoms with Gasteiger partial charge < -0.3 is 5.32 Å². The molecule has 0 radical (unpaired) electrons. The van der Waals surface area contributed by atoms with E-state index in [9.17, 15) is 4.79 Å². The summed E-state index contributed by atoms with van der Waals surface area (Å²) in [7, 11) is 0. The molecule has 4 heteroatoms. The molecule has 88 valence electrons. The third-order valence-corrected chi connectivity index (χ3v) is 3.56. The van der Waals surface area contributed by atoms with Crippen molar-refractivity contribution in [3.8, 4) is 0 Å². The molecule has 0 atom stereocenters. The first-order chi connectivity index (χ1) is 8.18. The fourth-order valence-corrected chi connectivity index (χ4v) is 2.30. The molecule has 0 spiro atoms. The zero-order chi connectivity index (χ0) is 11.9. The first-order valence-corrected chi connectivity index (χ1v) is 5.94. The molecule has 2 N–H and O–H groups in total. The van der Waals surface area contributed by atoms with Crippen molar-refractivity contribution < 1.29 is 4.79 Å². The van der Waals surface area contributed by atoms with Crippen molar-refractivity contribution in [2.24, 2.45) is 0 Å². The number of carbonyl (C=O) groups excluding carboxylic acids is 1. The van der Waals surface area contributed by atoms with E-state index in [2.05, 4.69) is 22.4 Å². The van der Waals surface area contributed by atoms with Crippen molar-refractivity contribution in [3.05, 3.63) is 30.0 Å². The van der Waals surface area contributed by atoms with E-state index in [1.165, 1.54) is 6.42 Å². The molecule has 4 nitrogen and oxygen atoms in total. The molecule has 1 heterocycles. The second-order valence-corrected chi connectivity index (χ2v) is 4.99. The molecule has 1 saturated carbocycles. The van der Waals surface area contributed by atoms with Crippen LogP contribution in [0.3, 0.4) is 0 Å². The van der Waals surface area contributed by atoms with Crippen LogP contribution in [0.2, 0.25) is 0 Å². The Labute approximate surface area is 99.4 Å². The van der Waals surface area contributed by atoms with Crippen molar-refractivity contribution in [1.29, 1.82) is 0 Å². The van der Waals surface area contributed by atoms with E-state index >= 15 is 0 Å². The Morgan fingerprint density at radius 2 is 2.18 bits per heavy atom. The lowest BCUT2D eigenvalue weighted by molar-refractivity contribution is 0.0847. The molecule has 0 aliphatic heterocycles. The zero-order valence-electron chi connectivity index (χ0n) is 9.79. The Balaban J connectivity index is 1.90. The highest BCUT2D eigenvalue weighted by atomic mass is 16.2. The summed E-state index contributed by atoms with van der Waals surface area (Å²) in [6.07, 6.45) is 3.31. The molecular weight excluding hydrogens is 214 g/mol. The number of fused-ring (bicyclic) bond motifs is 1. The molecule has 1 fully saturated rings. The van der Waals surface area contributed by atoms with Crippen molar-refractivity contribution >= 4 is 16.8 Å². The molecule has 2 aromatic rings. The maximum Gasteiger partial charge on any atom is 0.272 e. The van der Waals surface area contributed by atoms with Gasteiger partial charge in [-0.3, -0.25) is 9.89 Å². The molecule has 0 bridgehead atoms. The van der Waals surface area contributed by atoms with Crippen molar-refractivity contribution in [1.82, 2.24) is 15.5 Å². The molecule has 17 heavy (non-hydrogen) atoms. The van der Waals surface area contributed by atoms with E-state index in [4.69, 9.17) is 0 Å². The van der Waals surface area contributed by atoms with Crippen LogP contribution in [0.25, 0.3) is 10.9 Å². The number of rotatable bonds is 2. The van der Waals surface area contributed by atoms with E-state index in [1.54, 1.807) is 0 Å². The summed E-state index contributed by atoms with van der Waals surface area (Å²) < 4.78 is 0. The Morgan fingerprint density at radius 3 is 2.88 bits per heavy atom. The summed E-state index contributed by atoms with van der Waals surface area (Å²) in [4.78, 5) is 12.1. The Morgan fingerprint density at radius 1 is 1.41 bits per heavy atom. The minimum atomic E-state index is -0.0790. The number of hydrogen-bond donors (Lipinski definition) is 2. The maximum absolute atomic E-state index is 12.1. The molecular formula is C13H15N3O. The first-order valence-electron chi connectivity index (χ1n) is 5.94. The number of H-pyrrole nitrogens is 1. The molecule has 1 aromatic heterocycles. The van der Waals surface area contributed by atoms with Crippen LogP contribution in [-0.2, 0) is 0 Å². The fourth-order valence-electron chi connectivity index (χ4n) is 2.30. The normalized spacial score (nSPS) is 17.7. The third kappa shape index (κ3) is 1.69. The topological polar surface area (TPSA) is 57.8 Å². The summed E-state index contributed by atoms with van der Waals surface area (Å²) in [6, 6.07) is 7.68. The third-order valence-electron chi connectivity index (χ3n) is 3.56. The van der Waals surface area contributed by atoms with Gasteiger partial charge in [-0.05, 0) is 32.3 Å².